The highest BCUT2D eigenvalue weighted by atomic mass is 32.1. The molecule has 0 saturated heterocycles. The standard InChI is InChI=1S/C12H13N3O2S/c1-8-10(3-2-5-14-8)17-7-9-4-6-18-11(9)12(16)15-13/h2-6H,7,13H2,1H3,(H,15,16). The number of nitrogens with zero attached hydrogens (tertiary/aromatic N) is 1. The highest BCUT2D eigenvalue weighted by molar-refractivity contribution is 7.12. The Morgan fingerprint density at radius 1 is 1.56 bits per heavy atom. The molecule has 94 valence electrons. The molecule has 0 radical (unpaired) electrons. The molecule has 18 heavy (non-hydrogen) atoms. The van der Waals surface area contributed by atoms with Gasteiger partial charge in [-0.2, -0.15) is 0 Å². The van der Waals surface area contributed by atoms with Crippen LogP contribution in [0.25, 0.3) is 0 Å². The van der Waals surface area contributed by atoms with Crippen molar-refractivity contribution in [3.8, 4) is 5.75 Å². The Morgan fingerprint density at radius 2 is 2.39 bits per heavy atom. The van der Waals surface area contributed by atoms with Crippen molar-refractivity contribution in [3.63, 3.8) is 0 Å². The fourth-order valence-electron chi connectivity index (χ4n) is 1.49. The Balaban J connectivity index is 2.09. The first-order chi connectivity index (χ1) is 8.72. The molecule has 0 aliphatic heterocycles. The highest BCUT2D eigenvalue weighted by Crippen LogP contribution is 2.20. The summed E-state index contributed by atoms with van der Waals surface area (Å²) in [6.07, 6.45) is 1.71. The molecule has 0 atom stereocenters. The predicted octanol–water partition coefficient (Wildman–Crippen LogP) is 1.63. The van der Waals surface area contributed by atoms with Crippen LogP contribution in [0.1, 0.15) is 20.9 Å². The number of carbonyl (C=O) groups is 1. The second-order valence-corrected chi connectivity index (χ2v) is 4.54. The smallest absolute Gasteiger partial charge is 0.275 e. The molecule has 0 aromatic carbocycles. The first kappa shape index (κ1) is 12.5. The number of aromatic nitrogens is 1. The van der Waals surface area contributed by atoms with Crippen molar-refractivity contribution in [2.45, 2.75) is 13.5 Å². The lowest BCUT2D eigenvalue weighted by molar-refractivity contribution is 0.0955. The van der Waals surface area contributed by atoms with Gasteiger partial charge in [0.1, 0.15) is 12.4 Å². The third-order valence-corrected chi connectivity index (χ3v) is 3.38. The zero-order chi connectivity index (χ0) is 13.0. The van der Waals surface area contributed by atoms with Crippen molar-refractivity contribution in [1.29, 1.82) is 0 Å². The van der Waals surface area contributed by atoms with E-state index in [1.54, 1.807) is 6.20 Å². The lowest BCUT2D eigenvalue weighted by atomic mass is 10.2. The number of ether oxygens (including phenoxy) is 1. The number of rotatable bonds is 4. The van der Waals surface area contributed by atoms with Gasteiger partial charge in [-0.1, -0.05) is 0 Å². The van der Waals surface area contributed by atoms with Crippen LogP contribution in [-0.2, 0) is 6.61 Å². The summed E-state index contributed by atoms with van der Waals surface area (Å²) < 4.78 is 5.64. The molecule has 0 spiro atoms. The van der Waals surface area contributed by atoms with Crippen molar-refractivity contribution >= 4 is 17.2 Å². The summed E-state index contributed by atoms with van der Waals surface area (Å²) in [4.78, 5) is 16.2. The number of thiophene rings is 1. The van der Waals surface area contributed by atoms with E-state index in [0.29, 0.717) is 17.2 Å². The molecule has 2 aromatic rings. The molecule has 1 amide bonds. The summed E-state index contributed by atoms with van der Waals surface area (Å²) in [5.74, 6) is 5.53. The Bertz CT molecular complexity index is 554. The average molecular weight is 263 g/mol. The van der Waals surface area contributed by atoms with Crippen molar-refractivity contribution in [2.24, 2.45) is 5.84 Å². The second-order valence-electron chi connectivity index (χ2n) is 3.62. The summed E-state index contributed by atoms with van der Waals surface area (Å²) in [5.41, 5.74) is 3.75. The van der Waals surface area contributed by atoms with E-state index in [9.17, 15) is 4.79 Å². The Labute approximate surface area is 109 Å². The molecule has 3 N–H and O–H groups in total. The third kappa shape index (κ3) is 2.66. The number of nitrogens with one attached hydrogen (secondary N) is 1. The number of nitrogens with two attached hydrogens (primary N) is 1. The maximum atomic E-state index is 11.5. The maximum absolute atomic E-state index is 11.5. The number of aryl methyl sites for hydroxylation is 1. The van der Waals surface area contributed by atoms with Crippen LogP contribution in [0.3, 0.4) is 0 Å². The van der Waals surface area contributed by atoms with Crippen molar-refractivity contribution in [3.05, 3.63) is 45.9 Å². The van der Waals surface area contributed by atoms with Gasteiger partial charge in [0.15, 0.2) is 0 Å². The molecule has 6 heteroatoms. The van der Waals surface area contributed by atoms with E-state index in [-0.39, 0.29) is 5.91 Å². The summed E-state index contributed by atoms with van der Waals surface area (Å²) >= 11 is 1.33. The number of hydrazine groups is 1. The normalized spacial score (nSPS) is 10.1. The number of hydrogen-bond acceptors (Lipinski definition) is 5. The zero-order valence-electron chi connectivity index (χ0n) is 9.84. The van der Waals surface area contributed by atoms with Gasteiger partial charge < -0.3 is 4.74 Å². The lowest BCUT2D eigenvalue weighted by Crippen LogP contribution is -2.30. The van der Waals surface area contributed by atoms with E-state index in [0.717, 1.165) is 11.3 Å². The van der Waals surface area contributed by atoms with Gasteiger partial charge in [-0.3, -0.25) is 15.2 Å². The molecular formula is C12H13N3O2S. The van der Waals surface area contributed by atoms with Crippen LogP contribution in [0, 0.1) is 6.92 Å². The highest BCUT2D eigenvalue weighted by Gasteiger charge is 2.12. The number of hydrogen-bond donors (Lipinski definition) is 2. The molecular weight excluding hydrogens is 250 g/mol. The molecule has 2 heterocycles. The second kappa shape index (κ2) is 5.61. The molecule has 2 rings (SSSR count). The average Bonchev–Trinajstić information content (AvgIpc) is 2.85. The van der Waals surface area contributed by atoms with Crippen LogP contribution in [0.15, 0.2) is 29.8 Å². The number of amides is 1. The van der Waals surface area contributed by atoms with Gasteiger partial charge in [0, 0.05) is 11.8 Å². The molecule has 0 fully saturated rings. The number of nitrogen functional groups attached to an aromatic ring is 1. The minimum Gasteiger partial charge on any atom is -0.487 e. The van der Waals surface area contributed by atoms with Gasteiger partial charge in [0.2, 0.25) is 0 Å². The monoisotopic (exact) mass is 263 g/mol. The van der Waals surface area contributed by atoms with Crippen molar-refractivity contribution in [2.75, 3.05) is 0 Å². The summed E-state index contributed by atoms with van der Waals surface area (Å²) in [6, 6.07) is 5.50. The van der Waals surface area contributed by atoms with E-state index >= 15 is 0 Å². The summed E-state index contributed by atoms with van der Waals surface area (Å²) in [6.45, 7) is 2.19. The molecule has 0 bridgehead atoms. The molecule has 0 aliphatic rings. The molecule has 0 aliphatic carbocycles. The number of carbonyl (C=O) groups excluding carboxylic acids is 1. The van der Waals surface area contributed by atoms with E-state index in [1.165, 1.54) is 11.3 Å². The van der Waals surface area contributed by atoms with Gasteiger partial charge in [0.25, 0.3) is 5.91 Å². The summed E-state index contributed by atoms with van der Waals surface area (Å²) in [5, 5.41) is 1.83. The van der Waals surface area contributed by atoms with E-state index in [1.807, 2.05) is 30.5 Å². The molecule has 2 aromatic heterocycles. The van der Waals surface area contributed by atoms with Crippen LogP contribution in [0.2, 0.25) is 0 Å². The first-order valence-electron chi connectivity index (χ1n) is 5.34. The maximum Gasteiger partial charge on any atom is 0.275 e. The van der Waals surface area contributed by atoms with Crippen molar-refractivity contribution < 1.29 is 9.53 Å². The van der Waals surface area contributed by atoms with Crippen LogP contribution in [0.5, 0.6) is 5.75 Å². The van der Waals surface area contributed by atoms with Crippen LogP contribution in [0.4, 0.5) is 0 Å². The van der Waals surface area contributed by atoms with Crippen molar-refractivity contribution in [1.82, 2.24) is 10.4 Å². The Kier molecular flexibility index (Phi) is 3.91. The lowest BCUT2D eigenvalue weighted by Gasteiger charge is -2.08. The van der Waals surface area contributed by atoms with E-state index < -0.39 is 0 Å². The minimum absolute atomic E-state index is 0.300. The summed E-state index contributed by atoms with van der Waals surface area (Å²) in [7, 11) is 0. The quantitative estimate of drug-likeness (QED) is 0.499. The predicted molar refractivity (Wildman–Crippen MR) is 69.3 cm³/mol. The minimum atomic E-state index is -0.300. The van der Waals surface area contributed by atoms with Gasteiger partial charge >= 0.3 is 0 Å². The van der Waals surface area contributed by atoms with Gasteiger partial charge in [-0.05, 0) is 30.5 Å². The first-order valence-corrected chi connectivity index (χ1v) is 6.22. The number of pyridine rings is 1. The van der Waals surface area contributed by atoms with Crippen LogP contribution >= 0.6 is 11.3 Å². The van der Waals surface area contributed by atoms with Crippen LogP contribution < -0.4 is 16.0 Å². The molecule has 0 saturated carbocycles. The van der Waals surface area contributed by atoms with Crippen LogP contribution in [-0.4, -0.2) is 10.9 Å². The van der Waals surface area contributed by atoms with Gasteiger partial charge in [-0.15, -0.1) is 11.3 Å². The Morgan fingerprint density at radius 3 is 3.11 bits per heavy atom. The van der Waals surface area contributed by atoms with Gasteiger partial charge in [0.05, 0.1) is 10.6 Å². The SMILES string of the molecule is Cc1ncccc1OCc1ccsc1C(=O)NN. The molecule has 5 nitrogen and oxygen atoms in total. The largest absolute Gasteiger partial charge is 0.487 e. The fourth-order valence-corrected chi connectivity index (χ4v) is 2.30. The molecule has 0 unspecified atom stereocenters. The third-order valence-electron chi connectivity index (χ3n) is 2.43. The zero-order valence-corrected chi connectivity index (χ0v) is 10.7. The fraction of sp³-hybridized carbons (Fsp3) is 0.167. The topological polar surface area (TPSA) is 77.2 Å². The van der Waals surface area contributed by atoms with E-state index in [4.69, 9.17) is 10.6 Å². The van der Waals surface area contributed by atoms with Gasteiger partial charge in [-0.25, -0.2) is 5.84 Å². The Hall–Kier alpha value is -1.92. The van der Waals surface area contributed by atoms with E-state index in [2.05, 4.69) is 10.4 Å².